The molecule has 30 heavy (non-hydrogen) atoms. The molecule has 0 aliphatic carbocycles. The first-order chi connectivity index (χ1) is 13.7. The lowest BCUT2D eigenvalue weighted by Crippen LogP contribution is -2.37. The van der Waals surface area contributed by atoms with E-state index >= 15 is 0 Å². The zero-order valence-electron chi connectivity index (χ0n) is 18.4. The van der Waals surface area contributed by atoms with Crippen molar-refractivity contribution in [3.63, 3.8) is 0 Å². The highest BCUT2D eigenvalue weighted by atomic mass is 127. The van der Waals surface area contributed by atoms with E-state index in [9.17, 15) is 8.42 Å². The molecule has 1 aromatic carbocycles. The summed E-state index contributed by atoms with van der Waals surface area (Å²) < 4.78 is 29.0. The number of aromatic nitrogens is 1. The van der Waals surface area contributed by atoms with Crippen LogP contribution in [0.2, 0.25) is 0 Å². The molecule has 2 N–H and O–H groups in total. The van der Waals surface area contributed by atoms with E-state index in [1.54, 1.807) is 32.4 Å². The Kier molecular flexibility index (Phi) is 10.0. The minimum absolute atomic E-state index is 0. The first-order valence-electron chi connectivity index (χ1n) is 9.48. The second kappa shape index (κ2) is 11.5. The summed E-state index contributed by atoms with van der Waals surface area (Å²) in [5.41, 5.74) is 4.57. The van der Waals surface area contributed by atoms with E-state index in [2.05, 4.69) is 20.6 Å². The van der Waals surface area contributed by atoms with Gasteiger partial charge in [0.25, 0.3) is 0 Å². The molecule has 0 atom stereocenters. The van der Waals surface area contributed by atoms with Crippen LogP contribution in [-0.2, 0) is 22.9 Å². The predicted molar refractivity (Wildman–Crippen MR) is 132 cm³/mol. The van der Waals surface area contributed by atoms with Gasteiger partial charge in [-0.1, -0.05) is 12.1 Å². The van der Waals surface area contributed by atoms with E-state index in [1.807, 2.05) is 26.8 Å². The second-order valence-corrected chi connectivity index (χ2v) is 8.95. The maximum Gasteiger partial charge on any atom is 0.191 e. The van der Waals surface area contributed by atoms with Crippen LogP contribution >= 0.6 is 24.0 Å². The minimum Gasteiger partial charge on any atom is -0.496 e. The van der Waals surface area contributed by atoms with Crippen molar-refractivity contribution in [2.45, 2.75) is 45.7 Å². The number of nitrogens with zero attached hydrogens (tertiary/aromatic N) is 2. The van der Waals surface area contributed by atoms with Gasteiger partial charge in [-0.3, -0.25) is 4.98 Å². The van der Waals surface area contributed by atoms with Gasteiger partial charge in [0.15, 0.2) is 15.8 Å². The van der Waals surface area contributed by atoms with E-state index in [-0.39, 0.29) is 24.0 Å². The van der Waals surface area contributed by atoms with Crippen LogP contribution in [0.15, 0.2) is 34.3 Å². The molecule has 0 amide bonds. The smallest absolute Gasteiger partial charge is 0.191 e. The first-order valence-corrected chi connectivity index (χ1v) is 11.4. The van der Waals surface area contributed by atoms with Gasteiger partial charge in [0.1, 0.15) is 5.75 Å². The Hall–Kier alpha value is -1.88. The van der Waals surface area contributed by atoms with E-state index in [1.165, 1.54) is 6.26 Å². The molecular weight excluding hydrogens is 515 g/mol. The van der Waals surface area contributed by atoms with Gasteiger partial charge in [-0.15, -0.1) is 24.0 Å². The maximum absolute atomic E-state index is 11.8. The summed E-state index contributed by atoms with van der Waals surface area (Å²) in [6.07, 6.45) is 3.02. The van der Waals surface area contributed by atoms with E-state index < -0.39 is 9.84 Å². The fourth-order valence-electron chi connectivity index (χ4n) is 3.15. The second-order valence-electron chi connectivity index (χ2n) is 6.97. The van der Waals surface area contributed by atoms with Crippen molar-refractivity contribution in [2.75, 3.05) is 19.9 Å². The fourth-order valence-corrected chi connectivity index (χ4v) is 4.11. The van der Waals surface area contributed by atoms with Crippen molar-refractivity contribution in [3.05, 3.63) is 52.3 Å². The number of sulfone groups is 1. The third-order valence-electron chi connectivity index (χ3n) is 4.58. The molecule has 9 heteroatoms. The van der Waals surface area contributed by atoms with Crippen molar-refractivity contribution < 1.29 is 13.2 Å². The molecule has 0 radical (unpaired) electrons. The highest BCUT2D eigenvalue weighted by Crippen LogP contribution is 2.23. The Balaban J connectivity index is 0.00000450. The summed E-state index contributed by atoms with van der Waals surface area (Å²) in [5, 5.41) is 6.51. The van der Waals surface area contributed by atoms with Crippen LogP contribution in [0, 0.1) is 20.8 Å². The first kappa shape index (κ1) is 26.2. The van der Waals surface area contributed by atoms with Gasteiger partial charge in [-0.2, -0.15) is 0 Å². The van der Waals surface area contributed by atoms with Gasteiger partial charge < -0.3 is 15.4 Å². The number of hydrogen-bond donors (Lipinski definition) is 2. The molecule has 0 saturated carbocycles. The Morgan fingerprint density at radius 3 is 2.43 bits per heavy atom. The summed E-state index contributed by atoms with van der Waals surface area (Å²) >= 11 is 0. The summed E-state index contributed by atoms with van der Waals surface area (Å²) in [5.74, 6) is 1.51. The summed E-state index contributed by atoms with van der Waals surface area (Å²) in [6.45, 7) is 9.43. The number of benzene rings is 1. The highest BCUT2D eigenvalue weighted by molar-refractivity contribution is 14.0. The number of pyridine rings is 1. The number of guanidine groups is 1. The van der Waals surface area contributed by atoms with Crippen LogP contribution in [0.25, 0.3) is 0 Å². The molecule has 0 unspecified atom stereocenters. The lowest BCUT2D eigenvalue weighted by molar-refractivity contribution is 0.406. The normalized spacial score (nSPS) is 11.6. The molecule has 0 fully saturated rings. The molecule has 0 aliphatic heterocycles. The number of nitrogens with one attached hydrogen (secondary N) is 2. The van der Waals surface area contributed by atoms with Crippen molar-refractivity contribution >= 4 is 39.8 Å². The Bertz CT molecular complexity index is 1010. The zero-order valence-corrected chi connectivity index (χ0v) is 21.5. The maximum atomic E-state index is 11.8. The Labute approximate surface area is 196 Å². The molecule has 166 valence electrons. The van der Waals surface area contributed by atoms with Crippen molar-refractivity contribution in [2.24, 2.45) is 4.99 Å². The number of ether oxygens (including phenoxy) is 1. The molecule has 0 spiro atoms. The molecular formula is C21H31IN4O3S. The van der Waals surface area contributed by atoms with E-state index in [0.29, 0.717) is 23.9 Å². The van der Waals surface area contributed by atoms with Crippen LogP contribution in [0.4, 0.5) is 0 Å². The molecule has 1 heterocycles. The van der Waals surface area contributed by atoms with Crippen LogP contribution < -0.4 is 15.4 Å². The lowest BCUT2D eigenvalue weighted by Gasteiger charge is -2.15. The number of aliphatic imine (C=N–C) groups is 1. The highest BCUT2D eigenvalue weighted by Gasteiger charge is 2.12. The van der Waals surface area contributed by atoms with Crippen LogP contribution in [-0.4, -0.2) is 39.3 Å². The Morgan fingerprint density at radius 2 is 1.87 bits per heavy atom. The van der Waals surface area contributed by atoms with Crippen molar-refractivity contribution in [3.8, 4) is 5.75 Å². The lowest BCUT2D eigenvalue weighted by atomic mass is 10.1. The summed E-state index contributed by atoms with van der Waals surface area (Å²) in [4.78, 5) is 9.46. The average molecular weight is 546 g/mol. The molecule has 1 aromatic heterocycles. The van der Waals surface area contributed by atoms with Gasteiger partial charge in [-0.05, 0) is 44.9 Å². The molecule has 0 bridgehead atoms. The largest absolute Gasteiger partial charge is 0.496 e. The predicted octanol–water partition coefficient (Wildman–Crippen LogP) is 3.29. The third kappa shape index (κ3) is 6.83. The molecule has 0 saturated heterocycles. The van der Waals surface area contributed by atoms with Crippen LogP contribution in [0.3, 0.4) is 0 Å². The van der Waals surface area contributed by atoms with Crippen LogP contribution in [0.5, 0.6) is 5.75 Å². The zero-order chi connectivity index (χ0) is 21.6. The average Bonchev–Trinajstić information content (AvgIpc) is 2.64. The SMILES string of the molecule is CCNC(=NCc1ccc(S(C)(=O)=O)c(C)c1)NCc1ncc(C)c(OC)c1C.I. The topological polar surface area (TPSA) is 92.7 Å². The van der Waals surface area contributed by atoms with E-state index in [0.717, 1.165) is 40.2 Å². The number of hydrogen-bond acceptors (Lipinski definition) is 5. The van der Waals surface area contributed by atoms with E-state index in [4.69, 9.17) is 4.74 Å². The van der Waals surface area contributed by atoms with Gasteiger partial charge in [0.2, 0.25) is 0 Å². The third-order valence-corrected chi connectivity index (χ3v) is 5.83. The number of rotatable bonds is 7. The van der Waals surface area contributed by atoms with Gasteiger partial charge in [-0.25, -0.2) is 13.4 Å². The number of aryl methyl sites for hydroxylation is 2. The van der Waals surface area contributed by atoms with Gasteiger partial charge in [0.05, 0.1) is 30.8 Å². The van der Waals surface area contributed by atoms with Crippen molar-refractivity contribution in [1.82, 2.24) is 15.6 Å². The van der Waals surface area contributed by atoms with Crippen LogP contribution in [0.1, 0.15) is 34.9 Å². The van der Waals surface area contributed by atoms with Gasteiger partial charge >= 0.3 is 0 Å². The molecule has 2 aromatic rings. The summed E-state index contributed by atoms with van der Waals surface area (Å²) in [7, 11) is -1.56. The van der Waals surface area contributed by atoms with Gasteiger partial charge in [0, 0.05) is 30.1 Å². The monoisotopic (exact) mass is 546 g/mol. The molecule has 2 rings (SSSR count). The summed E-state index contributed by atoms with van der Waals surface area (Å²) in [6, 6.07) is 5.30. The molecule has 7 nitrogen and oxygen atoms in total. The quantitative estimate of drug-likeness (QED) is 0.315. The molecule has 0 aliphatic rings. The number of methoxy groups -OCH3 is 1. The standard InChI is InChI=1S/C21H30N4O3S.HI/c1-7-22-21(25-13-18-16(4)20(28-5)15(3)11-23-18)24-12-17-8-9-19(14(2)10-17)29(6,26)27;/h8-11H,7,12-13H2,1-6H3,(H2,22,24,25);1H. The van der Waals surface area contributed by atoms with Crippen molar-refractivity contribution in [1.29, 1.82) is 0 Å². The number of halogens is 1. The Morgan fingerprint density at radius 1 is 1.17 bits per heavy atom. The minimum atomic E-state index is -3.22. The fraction of sp³-hybridized carbons (Fsp3) is 0.429.